The molecule has 0 bridgehead atoms. The number of halogens is 1. The molecule has 1 rings (SSSR count). The van der Waals surface area contributed by atoms with Gasteiger partial charge in [-0.05, 0) is 40.8 Å². The molecule has 5 heteroatoms. The van der Waals surface area contributed by atoms with E-state index in [1.165, 1.54) is 13.0 Å². The van der Waals surface area contributed by atoms with Gasteiger partial charge in [-0.15, -0.1) is 0 Å². The van der Waals surface area contributed by atoms with Crippen LogP contribution in [0.1, 0.15) is 17.3 Å². The topological polar surface area (TPSA) is 54.4 Å². The second kappa shape index (κ2) is 4.79. The number of carbonyl (C=O) groups is 2. The molecule has 0 aliphatic rings. The van der Waals surface area contributed by atoms with Crippen LogP contribution in [0.2, 0.25) is 0 Å². The quantitative estimate of drug-likeness (QED) is 0.672. The molecule has 3 nitrogen and oxygen atoms in total. The van der Waals surface area contributed by atoms with Crippen molar-refractivity contribution in [2.24, 2.45) is 0 Å². The van der Waals surface area contributed by atoms with Gasteiger partial charge in [0.1, 0.15) is 0 Å². The number of carboxylic acid groups (broad SMARTS) is 1. The molecule has 0 saturated carbocycles. The van der Waals surface area contributed by atoms with Crippen molar-refractivity contribution in [1.29, 1.82) is 0 Å². The lowest BCUT2D eigenvalue weighted by Crippen LogP contribution is -2.00. The first-order valence-corrected chi connectivity index (χ1v) is 5.61. The standard InChI is InChI=1S/C9H7IO3S/c1-5(11)14-8-4-6(10)2-3-7(8)9(12)13/h2-4H,1H3,(H,12,13). The molecule has 0 amide bonds. The van der Waals surface area contributed by atoms with Crippen LogP contribution in [0, 0.1) is 3.57 Å². The number of hydrogen-bond acceptors (Lipinski definition) is 3. The highest BCUT2D eigenvalue weighted by atomic mass is 127. The Morgan fingerprint density at radius 3 is 2.57 bits per heavy atom. The Hall–Kier alpha value is -0.560. The van der Waals surface area contributed by atoms with Gasteiger partial charge >= 0.3 is 5.97 Å². The Balaban J connectivity index is 3.15. The van der Waals surface area contributed by atoms with Crippen molar-refractivity contribution < 1.29 is 14.7 Å². The van der Waals surface area contributed by atoms with Gasteiger partial charge in [-0.25, -0.2) is 4.79 Å². The van der Waals surface area contributed by atoms with Crippen LogP contribution in [0.15, 0.2) is 23.1 Å². The van der Waals surface area contributed by atoms with Crippen molar-refractivity contribution in [3.8, 4) is 0 Å². The van der Waals surface area contributed by atoms with Gasteiger partial charge in [-0.2, -0.15) is 0 Å². The lowest BCUT2D eigenvalue weighted by atomic mass is 10.2. The molecule has 0 unspecified atom stereocenters. The van der Waals surface area contributed by atoms with Crippen LogP contribution >= 0.6 is 34.4 Å². The SMILES string of the molecule is CC(=O)Sc1cc(I)ccc1C(=O)O. The molecule has 0 heterocycles. The smallest absolute Gasteiger partial charge is 0.336 e. The fourth-order valence-corrected chi connectivity index (χ4v) is 2.38. The molecular formula is C9H7IO3S. The normalized spacial score (nSPS) is 9.86. The summed E-state index contributed by atoms with van der Waals surface area (Å²) in [6, 6.07) is 4.90. The predicted octanol–water partition coefficient (Wildman–Crippen LogP) is 2.63. The van der Waals surface area contributed by atoms with Crippen LogP contribution < -0.4 is 0 Å². The molecule has 0 saturated heterocycles. The molecule has 1 aromatic carbocycles. The van der Waals surface area contributed by atoms with Gasteiger partial charge in [0.05, 0.1) is 5.56 Å². The molecule has 0 spiro atoms. The van der Waals surface area contributed by atoms with Gasteiger partial charge in [-0.1, -0.05) is 11.8 Å². The molecule has 0 atom stereocenters. The maximum absolute atomic E-state index is 10.9. The summed E-state index contributed by atoms with van der Waals surface area (Å²) in [6.45, 7) is 1.41. The van der Waals surface area contributed by atoms with Gasteiger partial charge in [-0.3, -0.25) is 4.79 Å². The van der Waals surface area contributed by atoms with Gasteiger partial charge in [0.2, 0.25) is 0 Å². The summed E-state index contributed by atoms with van der Waals surface area (Å²) >= 11 is 3.02. The Morgan fingerprint density at radius 1 is 1.43 bits per heavy atom. The summed E-state index contributed by atoms with van der Waals surface area (Å²) in [5, 5.41) is 8.73. The Kier molecular flexibility index (Phi) is 3.94. The van der Waals surface area contributed by atoms with Gasteiger partial charge in [0.25, 0.3) is 0 Å². The van der Waals surface area contributed by atoms with Crippen molar-refractivity contribution in [1.82, 2.24) is 0 Å². The highest BCUT2D eigenvalue weighted by Crippen LogP contribution is 2.25. The van der Waals surface area contributed by atoms with E-state index in [0.717, 1.165) is 15.3 Å². The summed E-state index contributed by atoms with van der Waals surface area (Å²) in [5.41, 5.74) is 0.172. The monoisotopic (exact) mass is 322 g/mol. The van der Waals surface area contributed by atoms with Crippen LogP contribution in [0.25, 0.3) is 0 Å². The van der Waals surface area contributed by atoms with E-state index in [1.807, 2.05) is 0 Å². The van der Waals surface area contributed by atoms with Crippen LogP contribution in [0.3, 0.4) is 0 Å². The van der Waals surface area contributed by atoms with Crippen LogP contribution in [0.5, 0.6) is 0 Å². The van der Waals surface area contributed by atoms with Gasteiger partial charge < -0.3 is 5.11 Å². The Bertz CT molecular complexity index is 390. The highest BCUT2D eigenvalue weighted by Gasteiger charge is 2.12. The summed E-state index contributed by atoms with van der Waals surface area (Å²) in [5.74, 6) is -1.01. The molecule has 0 aliphatic carbocycles. The molecule has 74 valence electrons. The number of aromatic carboxylic acids is 1. The minimum absolute atomic E-state index is 0.116. The zero-order chi connectivity index (χ0) is 10.7. The van der Waals surface area contributed by atoms with Gasteiger partial charge in [0, 0.05) is 15.4 Å². The van der Waals surface area contributed by atoms with E-state index in [-0.39, 0.29) is 10.7 Å². The summed E-state index contributed by atoms with van der Waals surface area (Å²) < 4.78 is 0.913. The summed E-state index contributed by atoms with van der Waals surface area (Å²) in [7, 11) is 0. The van der Waals surface area contributed by atoms with Crippen molar-refractivity contribution in [2.75, 3.05) is 0 Å². The molecule has 0 aliphatic heterocycles. The number of thioether (sulfide) groups is 1. The molecule has 1 N–H and O–H groups in total. The first kappa shape index (κ1) is 11.5. The van der Waals surface area contributed by atoms with Crippen molar-refractivity contribution in [3.05, 3.63) is 27.3 Å². The number of hydrogen-bond donors (Lipinski definition) is 1. The van der Waals surface area contributed by atoms with Crippen LogP contribution in [0.4, 0.5) is 0 Å². The third kappa shape index (κ3) is 2.98. The fourth-order valence-electron chi connectivity index (χ4n) is 0.912. The first-order chi connectivity index (χ1) is 6.50. The van der Waals surface area contributed by atoms with Crippen molar-refractivity contribution in [2.45, 2.75) is 11.8 Å². The number of carbonyl (C=O) groups excluding carboxylic acids is 1. The average Bonchev–Trinajstić information content (AvgIpc) is 2.01. The maximum Gasteiger partial charge on any atom is 0.336 e. The average molecular weight is 322 g/mol. The highest BCUT2D eigenvalue weighted by molar-refractivity contribution is 14.1. The second-order valence-corrected chi connectivity index (χ2v) is 5.00. The van der Waals surface area contributed by atoms with E-state index in [9.17, 15) is 9.59 Å². The van der Waals surface area contributed by atoms with E-state index in [0.29, 0.717) is 4.90 Å². The lowest BCUT2D eigenvalue weighted by Gasteiger charge is -2.03. The largest absolute Gasteiger partial charge is 0.478 e. The predicted molar refractivity (Wildman–Crippen MR) is 62.7 cm³/mol. The van der Waals surface area contributed by atoms with E-state index >= 15 is 0 Å². The van der Waals surface area contributed by atoms with E-state index < -0.39 is 5.97 Å². The minimum Gasteiger partial charge on any atom is -0.478 e. The zero-order valence-corrected chi connectivity index (χ0v) is 10.3. The van der Waals surface area contributed by atoms with Gasteiger partial charge in [0.15, 0.2) is 5.12 Å². The fraction of sp³-hybridized carbons (Fsp3) is 0.111. The number of benzene rings is 1. The maximum atomic E-state index is 10.9. The first-order valence-electron chi connectivity index (χ1n) is 3.72. The number of carboxylic acids is 1. The zero-order valence-electron chi connectivity index (χ0n) is 7.28. The summed E-state index contributed by atoms with van der Waals surface area (Å²) in [4.78, 5) is 22.2. The molecular weight excluding hydrogens is 315 g/mol. The Morgan fingerprint density at radius 2 is 2.07 bits per heavy atom. The molecule has 0 radical (unpaired) electrons. The lowest BCUT2D eigenvalue weighted by molar-refractivity contribution is -0.109. The molecule has 14 heavy (non-hydrogen) atoms. The van der Waals surface area contributed by atoms with Crippen molar-refractivity contribution >= 4 is 45.4 Å². The minimum atomic E-state index is -1.01. The summed E-state index contributed by atoms with van der Waals surface area (Å²) in [6.07, 6.45) is 0. The van der Waals surface area contributed by atoms with E-state index in [2.05, 4.69) is 22.6 Å². The van der Waals surface area contributed by atoms with Crippen LogP contribution in [-0.2, 0) is 4.79 Å². The third-order valence-corrected chi connectivity index (χ3v) is 2.94. The molecule has 1 aromatic rings. The Labute approximate surface area is 99.0 Å². The van der Waals surface area contributed by atoms with Crippen molar-refractivity contribution in [3.63, 3.8) is 0 Å². The van der Waals surface area contributed by atoms with E-state index in [4.69, 9.17) is 5.11 Å². The number of rotatable bonds is 2. The third-order valence-electron chi connectivity index (χ3n) is 1.43. The second-order valence-electron chi connectivity index (χ2n) is 2.54. The molecule has 0 fully saturated rings. The molecule has 0 aromatic heterocycles. The van der Waals surface area contributed by atoms with Crippen LogP contribution in [-0.4, -0.2) is 16.2 Å². The van der Waals surface area contributed by atoms with E-state index in [1.54, 1.807) is 12.1 Å².